The summed E-state index contributed by atoms with van der Waals surface area (Å²) >= 11 is 0. The van der Waals surface area contributed by atoms with Gasteiger partial charge in [0.2, 0.25) is 5.88 Å². The van der Waals surface area contributed by atoms with Crippen LogP contribution in [0.1, 0.15) is 23.6 Å². The molecule has 0 unspecified atom stereocenters. The summed E-state index contributed by atoms with van der Waals surface area (Å²) in [6, 6.07) is 16.3. The molecular weight excluding hydrogens is 436 g/mol. The van der Waals surface area contributed by atoms with Crippen molar-refractivity contribution < 1.29 is 13.2 Å². The Bertz CT molecular complexity index is 1230. The molecule has 1 aromatic heterocycles. The molecule has 0 fully saturated rings. The lowest BCUT2D eigenvalue weighted by Crippen LogP contribution is -2.34. The van der Waals surface area contributed by atoms with Gasteiger partial charge in [0.05, 0.1) is 18.6 Å². The zero-order valence-electron chi connectivity index (χ0n) is 19.3. The second-order valence-electron chi connectivity index (χ2n) is 8.32. The molecule has 3 aromatic rings. The van der Waals surface area contributed by atoms with Crippen LogP contribution < -0.4 is 10.1 Å². The maximum Gasteiger partial charge on any atom is 0.233 e. The topological polar surface area (TPSA) is 84.4 Å². The maximum atomic E-state index is 11.9. The van der Waals surface area contributed by atoms with Gasteiger partial charge in [0, 0.05) is 48.4 Å². The van der Waals surface area contributed by atoms with Crippen LogP contribution >= 0.6 is 0 Å². The van der Waals surface area contributed by atoms with Gasteiger partial charge >= 0.3 is 0 Å². The van der Waals surface area contributed by atoms with Crippen LogP contribution in [0.25, 0.3) is 11.3 Å². The SMILES string of the molecule is CCS(=O)(=O)CCN1CCc2c(cccc2Nc2ccc(C)c(-c3ccc(OC)nn3)c2)C1. The number of nitrogens with zero attached hydrogens (tertiary/aromatic N) is 3. The van der Waals surface area contributed by atoms with Crippen molar-refractivity contribution >= 4 is 21.2 Å². The molecule has 0 radical (unpaired) electrons. The van der Waals surface area contributed by atoms with Crippen molar-refractivity contribution in [2.24, 2.45) is 0 Å². The second kappa shape index (κ2) is 9.89. The first-order valence-electron chi connectivity index (χ1n) is 11.2. The van der Waals surface area contributed by atoms with Gasteiger partial charge in [0.1, 0.15) is 0 Å². The van der Waals surface area contributed by atoms with Crippen LogP contribution in [0.3, 0.4) is 0 Å². The highest BCUT2D eigenvalue weighted by Gasteiger charge is 2.20. The van der Waals surface area contributed by atoms with Gasteiger partial charge in [-0.1, -0.05) is 25.1 Å². The van der Waals surface area contributed by atoms with Crippen LogP contribution in [0, 0.1) is 6.92 Å². The fourth-order valence-corrected chi connectivity index (χ4v) is 4.92. The summed E-state index contributed by atoms with van der Waals surface area (Å²) in [7, 11) is -1.37. The first kappa shape index (κ1) is 23.2. The van der Waals surface area contributed by atoms with E-state index in [1.807, 2.05) is 12.1 Å². The standard InChI is InChI=1S/C25H30N4O3S/c1-4-33(30,31)15-14-29-13-12-21-19(17-29)6-5-7-23(21)26-20-9-8-18(2)22(16-20)24-10-11-25(32-3)28-27-24/h5-11,16,26H,4,12-15,17H2,1-3H3. The zero-order chi connectivity index (χ0) is 23.4. The predicted octanol–water partition coefficient (Wildman–Crippen LogP) is 4.00. The Balaban J connectivity index is 1.52. The molecule has 0 atom stereocenters. The first-order valence-corrected chi connectivity index (χ1v) is 13.0. The van der Waals surface area contributed by atoms with Gasteiger partial charge in [0.25, 0.3) is 0 Å². The molecule has 33 heavy (non-hydrogen) atoms. The number of sulfone groups is 1. The zero-order valence-corrected chi connectivity index (χ0v) is 20.2. The third-order valence-corrected chi connectivity index (χ3v) is 7.83. The van der Waals surface area contributed by atoms with Crippen LogP contribution in [-0.4, -0.2) is 55.2 Å². The van der Waals surface area contributed by atoms with Crippen LogP contribution in [0.5, 0.6) is 5.88 Å². The monoisotopic (exact) mass is 466 g/mol. The number of anilines is 2. The summed E-state index contributed by atoms with van der Waals surface area (Å²) < 4.78 is 28.9. The number of ether oxygens (including phenoxy) is 1. The minimum atomic E-state index is -2.95. The van der Waals surface area contributed by atoms with Crippen molar-refractivity contribution in [2.45, 2.75) is 26.8 Å². The van der Waals surface area contributed by atoms with Gasteiger partial charge < -0.3 is 10.1 Å². The van der Waals surface area contributed by atoms with E-state index in [-0.39, 0.29) is 11.5 Å². The Kier molecular flexibility index (Phi) is 6.95. The van der Waals surface area contributed by atoms with Crippen LogP contribution in [0.15, 0.2) is 48.5 Å². The highest BCUT2D eigenvalue weighted by atomic mass is 32.2. The van der Waals surface area contributed by atoms with Gasteiger partial charge in [-0.15, -0.1) is 10.2 Å². The van der Waals surface area contributed by atoms with Gasteiger partial charge in [-0.3, -0.25) is 4.90 Å². The lowest BCUT2D eigenvalue weighted by atomic mass is 9.97. The number of hydrogen-bond acceptors (Lipinski definition) is 7. The fourth-order valence-electron chi connectivity index (χ4n) is 4.09. The molecule has 2 aromatic carbocycles. The van der Waals surface area contributed by atoms with E-state index in [4.69, 9.17) is 4.74 Å². The summed E-state index contributed by atoms with van der Waals surface area (Å²) in [5.74, 6) is 0.909. The minimum Gasteiger partial charge on any atom is -0.480 e. The molecule has 174 valence electrons. The molecule has 0 saturated heterocycles. The van der Waals surface area contributed by atoms with Gasteiger partial charge in [-0.25, -0.2) is 8.42 Å². The summed E-state index contributed by atoms with van der Waals surface area (Å²) in [6.07, 6.45) is 0.882. The second-order valence-corrected chi connectivity index (χ2v) is 10.8. The number of benzene rings is 2. The van der Waals surface area contributed by atoms with Crippen LogP contribution in [0.2, 0.25) is 0 Å². The third-order valence-electron chi connectivity index (χ3n) is 6.15. The normalized spacial score (nSPS) is 14.0. The molecule has 2 heterocycles. The quantitative estimate of drug-likeness (QED) is 0.537. The van der Waals surface area contributed by atoms with E-state index in [0.717, 1.165) is 47.7 Å². The molecule has 0 spiro atoms. The molecule has 0 saturated carbocycles. The third kappa shape index (κ3) is 5.51. The molecule has 0 amide bonds. The van der Waals surface area contributed by atoms with Crippen molar-refractivity contribution in [3.63, 3.8) is 0 Å². The summed E-state index contributed by atoms with van der Waals surface area (Å²) in [4.78, 5) is 2.23. The van der Waals surface area contributed by atoms with Crippen molar-refractivity contribution in [3.8, 4) is 17.1 Å². The molecular formula is C25H30N4O3S. The summed E-state index contributed by atoms with van der Waals surface area (Å²) in [6.45, 7) is 5.97. The van der Waals surface area contributed by atoms with E-state index in [9.17, 15) is 8.42 Å². The Morgan fingerprint density at radius 3 is 2.70 bits per heavy atom. The van der Waals surface area contributed by atoms with Crippen molar-refractivity contribution in [1.82, 2.24) is 15.1 Å². The Morgan fingerprint density at radius 2 is 1.97 bits per heavy atom. The molecule has 1 aliphatic rings. The number of nitrogens with one attached hydrogen (secondary N) is 1. The molecule has 8 heteroatoms. The number of aromatic nitrogens is 2. The average Bonchev–Trinajstić information content (AvgIpc) is 2.84. The highest BCUT2D eigenvalue weighted by molar-refractivity contribution is 7.91. The van der Waals surface area contributed by atoms with E-state index in [2.05, 4.69) is 63.7 Å². The largest absolute Gasteiger partial charge is 0.480 e. The first-order chi connectivity index (χ1) is 15.9. The minimum absolute atomic E-state index is 0.201. The Morgan fingerprint density at radius 1 is 1.12 bits per heavy atom. The lowest BCUT2D eigenvalue weighted by molar-refractivity contribution is 0.269. The molecule has 1 N–H and O–H groups in total. The summed E-state index contributed by atoms with van der Waals surface area (Å²) in [5.41, 5.74) is 7.54. The average molecular weight is 467 g/mol. The van der Waals surface area contributed by atoms with Gasteiger partial charge in [0.15, 0.2) is 9.84 Å². The number of aryl methyl sites for hydroxylation is 1. The Hall–Kier alpha value is -2.97. The van der Waals surface area contributed by atoms with E-state index >= 15 is 0 Å². The smallest absolute Gasteiger partial charge is 0.233 e. The number of methoxy groups -OCH3 is 1. The van der Waals surface area contributed by atoms with Crippen molar-refractivity contribution in [2.75, 3.05) is 37.0 Å². The molecule has 1 aliphatic heterocycles. The van der Waals surface area contributed by atoms with E-state index in [1.165, 1.54) is 11.1 Å². The number of fused-ring (bicyclic) bond motifs is 1. The van der Waals surface area contributed by atoms with Gasteiger partial charge in [-0.05, 0) is 54.3 Å². The number of rotatable bonds is 8. The number of hydrogen-bond donors (Lipinski definition) is 1. The lowest BCUT2D eigenvalue weighted by Gasteiger charge is -2.30. The predicted molar refractivity (Wildman–Crippen MR) is 132 cm³/mol. The molecule has 7 nitrogen and oxygen atoms in total. The van der Waals surface area contributed by atoms with Crippen molar-refractivity contribution in [3.05, 3.63) is 65.2 Å². The molecule has 0 aliphatic carbocycles. The maximum absolute atomic E-state index is 11.9. The fraction of sp³-hybridized carbons (Fsp3) is 0.360. The van der Waals surface area contributed by atoms with Crippen molar-refractivity contribution in [1.29, 1.82) is 0 Å². The molecule has 4 rings (SSSR count). The van der Waals surface area contributed by atoms with E-state index in [1.54, 1.807) is 14.0 Å². The molecule has 0 bridgehead atoms. The van der Waals surface area contributed by atoms with Crippen LogP contribution in [-0.2, 0) is 22.8 Å². The van der Waals surface area contributed by atoms with E-state index < -0.39 is 9.84 Å². The Labute approximate surface area is 195 Å². The highest BCUT2D eigenvalue weighted by Crippen LogP contribution is 2.31. The summed E-state index contributed by atoms with van der Waals surface area (Å²) in [5, 5.41) is 12.0. The van der Waals surface area contributed by atoms with Gasteiger partial charge in [-0.2, -0.15) is 0 Å². The van der Waals surface area contributed by atoms with E-state index in [0.29, 0.717) is 12.4 Å². The van der Waals surface area contributed by atoms with Crippen LogP contribution in [0.4, 0.5) is 11.4 Å².